The van der Waals surface area contributed by atoms with E-state index >= 15 is 0 Å². The Labute approximate surface area is 112 Å². The van der Waals surface area contributed by atoms with Gasteiger partial charge >= 0.3 is 0 Å². The molecule has 8 heteroatoms. The van der Waals surface area contributed by atoms with Gasteiger partial charge in [0.1, 0.15) is 0 Å². The summed E-state index contributed by atoms with van der Waals surface area (Å²) in [6.07, 6.45) is 0.415. The smallest absolute Gasteiger partial charge is 0.268 e. The first-order chi connectivity index (χ1) is 7.43. The molecule has 5 nitrogen and oxygen atoms in total. The number of hydrogen-bond acceptors (Lipinski definition) is 3. The van der Waals surface area contributed by atoms with Gasteiger partial charge in [0.05, 0.1) is 5.25 Å². The second-order valence-corrected chi connectivity index (χ2v) is 13.7. The first-order valence-corrected chi connectivity index (χ1v) is 11.4. The van der Waals surface area contributed by atoms with Crippen LogP contribution in [0, 0.1) is 0 Å². The zero-order valence-corrected chi connectivity index (χ0v) is 13.7. The van der Waals surface area contributed by atoms with E-state index in [4.69, 9.17) is 5.73 Å². The summed E-state index contributed by atoms with van der Waals surface area (Å²) < 4.78 is 31.9. The summed E-state index contributed by atoms with van der Waals surface area (Å²) >= 11 is 3.24. The van der Waals surface area contributed by atoms with Crippen molar-refractivity contribution in [2.24, 2.45) is 5.73 Å². The van der Waals surface area contributed by atoms with Crippen molar-refractivity contribution in [3.8, 4) is 0 Å². The predicted molar refractivity (Wildman–Crippen MR) is 74.6 cm³/mol. The highest BCUT2D eigenvalue weighted by atomic mass is 79.9. The first kappa shape index (κ1) is 17.1. The summed E-state index contributed by atoms with van der Waals surface area (Å²) in [5.41, 5.74) is 5.01. The lowest BCUT2D eigenvalue weighted by molar-refractivity contribution is -0.118. The zero-order chi connectivity index (χ0) is 13.9. The molecule has 0 bridgehead atoms. The normalized spacial score (nSPS) is 16.5. The third-order valence-electron chi connectivity index (χ3n) is 2.27. The molecule has 0 saturated heterocycles. The Kier molecular flexibility index (Phi) is 6.33. The van der Waals surface area contributed by atoms with Crippen LogP contribution in [0.25, 0.3) is 0 Å². The van der Waals surface area contributed by atoms with Crippen molar-refractivity contribution in [2.45, 2.75) is 48.6 Å². The molecule has 0 aliphatic carbocycles. The Morgan fingerprint density at radius 1 is 1.41 bits per heavy atom. The van der Waals surface area contributed by atoms with Crippen LogP contribution in [0.2, 0.25) is 25.7 Å². The third-order valence-corrected chi connectivity index (χ3v) is 6.93. The standard InChI is InChI=1S/C9H20BrNO4SSi/c1-17(2,3)6-8(16(13,14)15)7(10)4-5-9(11)12/h7-8H,4-6H2,1-3H3,(H2,11,12)(H,13,14,15). The van der Waals surface area contributed by atoms with Gasteiger partial charge in [-0.15, -0.1) is 0 Å². The molecule has 0 rings (SSSR count). The van der Waals surface area contributed by atoms with Crippen LogP contribution in [0.5, 0.6) is 0 Å². The summed E-state index contributed by atoms with van der Waals surface area (Å²) in [6.45, 7) is 6.08. The van der Waals surface area contributed by atoms with E-state index in [0.29, 0.717) is 12.5 Å². The number of amides is 1. The van der Waals surface area contributed by atoms with E-state index in [1.807, 2.05) is 19.6 Å². The zero-order valence-electron chi connectivity index (χ0n) is 10.3. The highest BCUT2D eigenvalue weighted by Crippen LogP contribution is 2.26. The summed E-state index contributed by atoms with van der Waals surface area (Å²) in [4.78, 5) is 10.2. The third kappa shape index (κ3) is 7.90. The minimum Gasteiger partial charge on any atom is -0.370 e. The minimum atomic E-state index is -4.11. The number of carbonyl (C=O) groups is 1. The second-order valence-electron chi connectivity index (χ2n) is 5.34. The Balaban J connectivity index is 4.76. The van der Waals surface area contributed by atoms with E-state index in [1.165, 1.54) is 0 Å². The molecule has 2 atom stereocenters. The minimum absolute atomic E-state index is 0.105. The maximum absolute atomic E-state index is 11.3. The molecule has 0 aliphatic heterocycles. The SMILES string of the molecule is C[Si](C)(C)CC(C(Br)CCC(N)=O)S(=O)(=O)O. The van der Waals surface area contributed by atoms with Crippen molar-refractivity contribution < 1.29 is 17.8 Å². The van der Waals surface area contributed by atoms with Crippen LogP contribution < -0.4 is 5.73 Å². The summed E-state index contributed by atoms with van der Waals surface area (Å²) in [5, 5.41) is -0.867. The predicted octanol–water partition coefficient (Wildman–Crippen LogP) is 1.61. The molecule has 1 amide bonds. The lowest BCUT2D eigenvalue weighted by Gasteiger charge is -2.25. The molecular weight excluding hydrogens is 326 g/mol. The van der Waals surface area contributed by atoms with E-state index < -0.39 is 34.2 Å². The van der Waals surface area contributed by atoms with Crippen molar-refractivity contribution in [1.82, 2.24) is 0 Å². The van der Waals surface area contributed by atoms with Crippen LogP contribution in [-0.2, 0) is 14.9 Å². The van der Waals surface area contributed by atoms with Crippen molar-refractivity contribution >= 4 is 40.0 Å². The highest BCUT2D eigenvalue weighted by Gasteiger charge is 2.34. The van der Waals surface area contributed by atoms with Gasteiger partial charge in [-0.25, -0.2) is 0 Å². The van der Waals surface area contributed by atoms with Crippen LogP contribution in [0.3, 0.4) is 0 Å². The maximum atomic E-state index is 11.3. The molecular formula is C9H20BrNO4SSi. The topological polar surface area (TPSA) is 97.5 Å². The van der Waals surface area contributed by atoms with E-state index in [-0.39, 0.29) is 6.42 Å². The molecule has 0 fully saturated rings. The fourth-order valence-corrected chi connectivity index (χ4v) is 7.41. The van der Waals surface area contributed by atoms with Gasteiger partial charge in [-0.2, -0.15) is 8.42 Å². The summed E-state index contributed by atoms with van der Waals surface area (Å²) in [6, 6.07) is 0.445. The number of alkyl halides is 1. The van der Waals surface area contributed by atoms with Gasteiger partial charge in [-0.3, -0.25) is 9.35 Å². The monoisotopic (exact) mass is 345 g/mol. The molecule has 2 unspecified atom stereocenters. The van der Waals surface area contributed by atoms with Crippen molar-refractivity contribution in [3.63, 3.8) is 0 Å². The number of halogens is 1. The van der Waals surface area contributed by atoms with Crippen LogP contribution in [0.4, 0.5) is 0 Å². The van der Waals surface area contributed by atoms with E-state index in [0.717, 1.165) is 0 Å². The van der Waals surface area contributed by atoms with Crippen LogP contribution >= 0.6 is 15.9 Å². The lowest BCUT2D eigenvalue weighted by Crippen LogP contribution is -2.38. The fraction of sp³-hybridized carbons (Fsp3) is 0.889. The molecule has 0 saturated carbocycles. The molecule has 0 heterocycles. The quantitative estimate of drug-likeness (QED) is 0.416. The van der Waals surface area contributed by atoms with Crippen LogP contribution in [0.1, 0.15) is 12.8 Å². The van der Waals surface area contributed by atoms with Crippen LogP contribution in [0.15, 0.2) is 0 Å². The molecule has 102 valence electrons. The Morgan fingerprint density at radius 3 is 2.18 bits per heavy atom. The number of rotatable bonds is 7. The maximum Gasteiger partial charge on any atom is 0.268 e. The van der Waals surface area contributed by atoms with Crippen LogP contribution in [-0.4, -0.2) is 37.0 Å². The first-order valence-electron chi connectivity index (χ1n) is 5.32. The van der Waals surface area contributed by atoms with E-state index in [2.05, 4.69) is 15.9 Å². The molecule has 0 aromatic carbocycles. The van der Waals surface area contributed by atoms with Crippen molar-refractivity contribution in [2.75, 3.05) is 0 Å². The molecule has 0 spiro atoms. The average molecular weight is 346 g/mol. The average Bonchev–Trinajstić information content (AvgIpc) is 2.07. The number of primary amides is 1. The number of carbonyl (C=O) groups excluding carboxylic acids is 1. The van der Waals surface area contributed by atoms with Gasteiger partial charge in [0, 0.05) is 19.3 Å². The largest absolute Gasteiger partial charge is 0.370 e. The Bertz CT molecular complexity index is 366. The molecule has 17 heavy (non-hydrogen) atoms. The molecule has 0 radical (unpaired) electrons. The summed E-state index contributed by atoms with van der Waals surface area (Å²) in [5.74, 6) is -0.475. The van der Waals surface area contributed by atoms with Gasteiger partial charge in [0.15, 0.2) is 0 Å². The number of nitrogens with two attached hydrogens (primary N) is 1. The van der Waals surface area contributed by atoms with Gasteiger partial charge in [0.25, 0.3) is 10.1 Å². The van der Waals surface area contributed by atoms with Gasteiger partial charge < -0.3 is 5.73 Å². The van der Waals surface area contributed by atoms with E-state index in [9.17, 15) is 17.8 Å². The fourth-order valence-electron chi connectivity index (χ4n) is 1.49. The highest BCUT2D eigenvalue weighted by molar-refractivity contribution is 9.09. The van der Waals surface area contributed by atoms with E-state index in [1.54, 1.807) is 0 Å². The molecule has 0 aromatic heterocycles. The Hall–Kier alpha value is 0.0769. The van der Waals surface area contributed by atoms with Crippen molar-refractivity contribution in [3.05, 3.63) is 0 Å². The van der Waals surface area contributed by atoms with Gasteiger partial charge in [-0.1, -0.05) is 35.6 Å². The molecule has 3 N–H and O–H groups in total. The van der Waals surface area contributed by atoms with Gasteiger partial charge in [0.2, 0.25) is 5.91 Å². The molecule has 0 aromatic rings. The summed E-state index contributed by atoms with van der Waals surface area (Å²) in [7, 11) is -5.74. The number of hydrogen-bond donors (Lipinski definition) is 2. The molecule has 0 aliphatic rings. The Morgan fingerprint density at radius 2 is 1.88 bits per heavy atom. The van der Waals surface area contributed by atoms with Crippen molar-refractivity contribution in [1.29, 1.82) is 0 Å². The van der Waals surface area contributed by atoms with Gasteiger partial charge in [-0.05, 0) is 12.5 Å². The second kappa shape index (κ2) is 6.30. The lowest BCUT2D eigenvalue weighted by atomic mass is 10.2.